The van der Waals surface area contributed by atoms with Gasteiger partial charge in [-0.15, -0.1) is 0 Å². The monoisotopic (exact) mass is 272 g/mol. The number of carbonyl (C=O) groups excluding carboxylic acids is 1. The Kier molecular flexibility index (Phi) is 3.98. The molecule has 0 saturated carbocycles. The summed E-state index contributed by atoms with van der Waals surface area (Å²) < 4.78 is 0. The summed E-state index contributed by atoms with van der Waals surface area (Å²) in [4.78, 5) is 14.8. The first-order chi connectivity index (χ1) is 8.03. The van der Waals surface area contributed by atoms with E-state index < -0.39 is 0 Å². The third kappa shape index (κ3) is 2.76. The maximum atomic E-state index is 12.2. The van der Waals surface area contributed by atoms with Crippen molar-refractivity contribution in [2.75, 3.05) is 24.6 Å². The molecular formula is C12H20N2OS2. The number of piperidine rings is 1. The Morgan fingerprint density at radius 3 is 2.59 bits per heavy atom. The molecule has 2 rings (SSSR count). The average Bonchev–Trinajstić information content (AvgIpc) is 2.82. The molecule has 5 heteroatoms. The third-order valence-corrected chi connectivity index (χ3v) is 5.71. The minimum atomic E-state index is -0.0451. The highest BCUT2D eigenvalue weighted by Crippen LogP contribution is 2.33. The van der Waals surface area contributed by atoms with Gasteiger partial charge in [0, 0.05) is 30.2 Å². The number of hydrogen-bond donors (Lipinski definition) is 1. The van der Waals surface area contributed by atoms with Crippen LogP contribution in [-0.2, 0) is 4.79 Å². The van der Waals surface area contributed by atoms with E-state index in [0.717, 1.165) is 43.9 Å². The minimum Gasteiger partial charge on any atom is -0.393 e. The molecule has 0 aromatic carbocycles. The third-order valence-electron chi connectivity index (χ3n) is 4.05. The normalized spacial score (nSPS) is 28.1. The standard InChI is InChI=1S/C12H20N2OS2/c1-12(11(13)16)3-5-14(6-4-12)10(15)9-2-7-17-8-9/h9H,2-8H2,1H3,(H2,13,16). The van der Waals surface area contributed by atoms with Crippen molar-refractivity contribution in [1.82, 2.24) is 4.90 Å². The lowest BCUT2D eigenvalue weighted by molar-refractivity contribution is -0.136. The number of hydrogen-bond acceptors (Lipinski definition) is 3. The lowest BCUT2D eigenvalue weighted by atomic mass is 9.80. The SMILES string of the molecule is CC1(C(N)=S)CCN(C(=O)C2CCSC2)CC1. The van der Waals surface area contributed by atoms with Crippen molar-refractivity contribution < 1.29 is 4.79 Å². The van der Waals surface area contributed by atoms with Crippen LogP contribution in [0.25, 0.3) is 0 Å². The first kappa shape index (κ1) is 13.1. The number of nitrogens with zero attached hydrogens (tertiary/aromatic N) is 1. The Labute approximate surface area is 112 Å². The summed E-state index contributed by atoms with van der Waals surface area (Å²) in [7, 11) is 0. The fourth-order valence-corrected chi connectivity index (χ4v) is 3.87. The Morgan fingerprint density at radius 2 is 2.12 bits per heavy atom. The van der Waals surface area contributed by atoms with Gasteiger partial charge in [-0.3, -0.25) is 4.79 Å². The summed E-state index contributed by atoms with van der Waals surface area (Å²) in [6.45, 7) is 3.74. The highest BCUT2D eigenvalue weighted by Gasteiger charge is 2.36. The van der Waals surface area contributed by atoms with Crippen molar-refractivity contribution in [1.29, 1.82) is 0 Å². The van der Waals surface area contributed by atoms with E-state index in [4.69, 9.17) is 18.0 Å². The molecule has 1 atom stereocenters. The Balaban J connectivity index is 1.90. The van der Waals surface area contributed by atoms with E-state index in [1.54, 1.807) is 0 Å². The molecular weight excluding hydrogens is 252 g/mol. The predicted molar refractivity (Wildman–Crippen MR) is 76.1 cm³/mol. The quantitative estimate of drug-likeness (QED) is 0.777. The van der Waals surface area contributed by atoms with E-state index in [1.165, 1.54) is 0 Å². The van der Waals surface area contributed by atoms with Gasteiger partial charge in [0.2, 0.25) is 5.91 Å². The summed E-state index contributed by atoms with van der Waals surface area (Å²) in [5, 5.41) is 0. The van der Waals surface area contributed by atoms with E-state index in [2.05, 4.69) is 6.92 Å². The number of nitrogens with two attached hydrogens (primary N) is 1. The molecule has 1 amide bonds. The molecule has 2 heterocycles. The Hall–Kier alpha value is -0.290. The van der Waals surface area contributed by atoms with Gasteiger partial charge in [0.05, 0.1) is 4.99 Å². The lowest BCUT2D eigenvalue weighted by Crippen LogP contribution is -2.48. The molecule has 0 radical (unpaired) electrons. The van der Waals surface area contributed by atoms with Gasteiger partial charge in [-0.25, -0.2) is 0 Å². The number of thiocarbonyl (C=S) groups is 1. The fourth-order valence-electron chi connectivity index (χ4n) is 2.45. The highest BCUT2D eigenvalue weighted by atomic mass is 32.2. The van der Waals surface area contributed by atoms with Crippen molar-refractivity contribution in [3.8, 4) is 0 Å². The molecule has 2 N–H and O–H groups in total. The van der Waals surface area contributed by atoms with Crippen LogP contribution in [0.4, 0.5) is 0 Å². The van der Waals surface area contributed by atoms with E-state index in [0.29, 0.717) is 10.9 Å². The Morgan fingerprint density at radius 1 is 1.47 bits per heavy atom. The van der Waals surface area contributed by atoms with E-state index >= 15 is 0 Å². The molecule has 17 heavy (non-hydrogen) atoms. The zero-order valence-corrected chi connectivity index (χ0v) is 11.9. The van der Waals surface area contributed by atoms with Crippen LogP contribution in [0.15, 0.2) is 0 Å². The zero-order valence-electron chi connectivity index (χ0n) is 10.3. The molecule has 2 saturated heterocycles. The second-order valence-corrected chi connectivity index (χ2v) is 6.90. The topological polar surface area (TPSA) is 46.3 Å². The van der Waals surface area contributed by atoms with Crippen LogP contribution >= 0.6 is 24.0 Å². The van der Waals surface area contributed by atoms with Gasteiger partial charge in [0.25, 0.3) is 0 Å². The second kappa shape index (κ2) is 5.14. The summed E-state index contributed by atoms with van der Waals surface area (Å²) in [5.74, 6) is 2.74. The predicted octanol–water partition coefficient (Wildman–Crippen LogP) is 1.65. The second-order valence-electron chi connectivity index (χ2n) is 5.31. The number of thioether (sulfide) groups is 1. The average molecular weight is 272 g/mol. The maximum absolute atomic E-state index is 12.2. The molecule has 0 aromatic rings. The van der Waals surface area contributed by atoms with Crippen LogP contribution in [0, 0.1) is 11.3 Å². The van der Waals surface area contributed by atoms with Crippen LogP contribution in [0.3, 0.4) is 0 Å². The molecule has 2 aliphatic heterocycles. The molecule has 0 bridgehead atoms. The number of amides is 1. The lowest BCUT2D eigenvalue weighted by Gasteiger charge is -2.39. The maximum Gasteiger partial charge on any atom is 0.226 e. The summed E-state index contributed by atoms with van der Waals surface area (Å²) in [6, 6.07) is 0. The van der Waals surface area contributed by atoms with Gasteiger partial charge in [-0.2, -0.15) is 11.8 Å². The summed E-state index contributed by atoms with van der Waals surface area (Å²) in [5.41, 5.74) is 5.72. The molecule has 0 aliphatic carbocycles. The van der Waals surface area contributed by atoms with Gasteiger partial charge >= 0.3 is 0 Å². The number of likely N-dealkylation sites (tertiary alicyclic amines) is 1. The van der Waals surface area contributed by atoms with Crippen molar-refractivity contribution in [3.05, 3.63) is 0 Å². The van der Waals surface area contributed by atoms with Crippen LogP contribution in [0.1, 0.15) is 26.2 Å². The van der Waals surface area contributed by atoms with E-state index in [-0.39, 0.29) is 11.3 Å². The molecule has 0 aromatic heterocycles. The largest absolute Gasteiger partial charge is 0.393 e. The van der Waals surface area contributed by atoms with Crippen molar-refractivity contribution >= 4 is 34.9 Å². The van der Waals surface area contributed by atoms with Crippen molar-refractivity contribution in [3.63, 3.8) is 0 Å². The first-order valence-corrected chi connectivity index (χ1v) is 7.76. The van der Waals surface area contributed by atoms with Gasteiger partial charge in [0.1, 0.15) is 0 Å². The molecule has 0 spiro atoms. The van der Waals surface area contributed by atoms with E-state index in [1.807, 2.05) is 16.7 Å². The van der Waals surface area contributed by atoms with Gasteiger partial charge in [-0.05, 0) is 25.0 Å². The highest BCUT2D eigenvalue weighted by molar-refractivity contribution is 7.99. The molecule has 96 valence electrons. The summed E-state index contributed by atoms with van der Waals surface area (Å²) in [6.07, 6.45) is 2.87. The van der Waals surface area contributed by atoms with Gasteiger partial charge in [0.15, 0.2) is 0 Å². The summed E-state index contributed by atoms with van der Waals surface area (Å²) >= 11 is 7.00. The first-order valence-electron chi connectivity index (χ1n) is 6.19. The molecule has 3 nitrogen and oxygen atoms in total. The van der Waals surface area contributed by atoms with E-state index in [9.17, 15) is 4.79 Å². The fraction of sp³-hybridized carbons (Fsp3) is 0.833. The number of carbonyl (C=O) groups is 1. The van der Waals surface area contributed by atoms with Gasteiger partial charge < -0.3 is 10.6 Å². The van der Waals surface area contributed by atoms with Crippen LogP contribution in [-0.4, -0.2) is 40.4 Å². The van der Waals surface area contributed by atoms with Crippen LogP contribution < -0.4 is 5.73 Å². The Bertz CT molecular complexity index is 318. The smallest absolute Gasteiger partial charge is 0.226 e. The number of rotatable bonds is 2. The van der Waals surface area contributed by atoms with Gasteiger partial charge in [-0.1, -0.05) is 19.1 Å². The van der Waals surface area contributed by atoms with Crippen molar-refractivity contribution in [2.45, 2.75) is 26.2 Å². The van der Waals surface area contributed by atoms with Crippen LogP contribution in [0.5, 0.6) is 0 Å². The molecule has 2 fully saturated rings. The minimum absolute atomic E-state index is 0.0451. The molecule has 1 unspecified atom stereocenters. The molecule has 2 aliphatic rings. The zero-order chi connectivity index (χ0) is 12.5. The van der Waals surface area contributed by atoms with Crippen molar-refractivity contribution in [2.24, 2.45) is 17.1 Å². The van der Waals surface area contributed by atoms with Crippen LogP contribution in [0.2, 0.25) is 0 Å².